The van der Waals surface area contributed by atoms with E-state index in [-0.39, 0.29) is 0 Å². The fourth-order valence-electron chi connectivity index (χ4n) is 5.07. The van der Waals surface area contributed by atoms with Crippen molar-refractivity contribution in [3.8, 4) is 0 Å². The number of benzene rings is 4. The SMILES string of the molecule is c1ccc2c(c1)c1ccccc1n2Cc1ccc2c(c1)c1ccccc1n1ccnc21. The predicted octanol–water partition coefficient (Wildman–Crippen LogP) is 6.80. The summed E-state index contributed by atoms with van der Waals surface area (Å²) < 4.78 is 4.62. The molecule has 0 spiro atoms. The Hall–Kier alpha value is -4.11. The summed E-state index contributed by atoms with van der Waals surface area (Å²) in [5, 5.41) is 6.32. The van der Waals surface area contributed by atoms with E-state index in [2.05, 4.69) is 105 Å². The van der Waals surface area contributed by atoms with E-state index in [9.17, 15) is 0 Å². The van der Waals surface area contributed by atoms with E-state index in [0.717, 1.165) is 12.2 Å². The van der Waals surface area contributed by atoms with E-state index < -0.39 is 0 Å². The quantitative estimate of drug-likeness (QED) is 0.294. The largest absolute Gasteiger partial charge is 0.336 e. The van der Waals surface area contributed by atoms with Crippen LogP contribution in [0.2, 0.25) is 0 Å². The Balaban J connectivity index is 1.50. The highest BCUT2D eigenvalue weighted by atomic mass is 15.0. The third-order valence-corrected chi connectivity index (χ3v) is 6.44. The Kier molecular flexibility index (Phi) is 3.33. The van der Waals surface area contributed by atoms with Gasteiger partial charge in [0.15, 0.2) is 0 Å². The summed E-state index contributed by atoms with van der Waals surface area (Å²) >= 11 is 0. The standard InChI is InChI=1S/C28H19N3/c1-5-11-26-20(7-1)21-8-2-6-12-27(21)31(26)18-19-13-14-23-24(17-19)22-9-3-4-10-25(22)30-16-15-29-28(23)30/h1-17H,18H2. The molecule has 0 N–H and O–H groups in total. The minimum Gasteiger partial charge on any atom is -0.336 e. The Morgan fingerprint density at radius 3 is 1.90 bits per heavy atom. The lowest BCUT2D eigenvalue weighted by Gasteiger charge is -2.12. The van der Waals surface area contributed by atoms with Crippen LogP contribution in [0.5, 0.6) is 0 Å². The van der Waals surface area contributed by atoms with Gasteiger partial charge in [0, 0.05) is 51.5 Å². The second-order valence-electron chi connectivity index (χ2n) is 8.14. The maximum Gasteiger partial charge on any atom is 0.145 e. The highest BCUT2D eigenvalue weighted by Gasteiger charge is 2.12. The maximum absolute atomic E-state index is 4.64. The summed E-state index contributed by atoms with van der Waals surface area (Å²) in [6, 6.07) is 32.8. The van der Waals surface area contributed by atoms with Gasteiger partial charge in [-0.3, -0.25) is 4.40 Å². The van der Waals surface area contributed by atoms with E-state index in [1.165, 1.54) is 49.0 Å². The highest BCUT2D eigenvalue weighted by molar-refractivity contribution is 6.12. The fraction of sp³-hybridized carbons (Fsp3) is 0.0357. The van der Waals surface area contributed by atoms with Crippen LogP contribution in [0.3, 0.4) is 0 Å². The van der Waals surface area contributed by atoms with E-state index in [1.807, 2.05) is 12.4 Å². The maximum atomic E-state index is 4.64. The fourth-order valence-corrected chi connectivity index (χ4v) is 5.07. The van der Waals surface area contributed by atoms with Gasteiger partial charge >= 0.3 is 0 Å². The van der Waals surface area contributed by atoms with Gasteiger partial charge in [0.25, 0.3) is 0 Å². The van der Waals surface area contributed by atoms with Crippen molar-refractivity contribution in [3.63, 3.8) is 0 Å². The number of pyridine rings is 1. The van der Waals surface area contributed by atoms with Gasteiger partial charge in [0.05, 0.1) is 5.52 Å². The third-order valence-electron chi connectivity index (χ3n) is 6.44. The van der Waals surface area contributed by atoms with Gasteiger partial charge in [-0.2, -0.15) is 0 Å². The molecule has 3 aromatic heterocycles. The van der Waals surface area contributed by atoms with E-state index in [4.69, 9.17) is 0 Å². The lowest BCUT2D eigenvalue weighted by molar-refractivity contribution is 0.870. The first kappa shape index (κ1) is 16.7. The molecule has 0 bridgehead atoms. The first-order chi connectivity index (χ1) is 15.4. The molecule has 146 valence electrons. The number of aromatic nitrogens is 3. The molecule has 3 heterocycles. The van der Waals surface area contributed by atoms with Crippen LogP contribution >= 0.6 is 0 Å². The molecule has 0 atom stereocenters. The molecular formula is C28H19N3. The molecule has 0 aliphatic carbocycles. The Morgan fingerprint density at radius 2 is 1.19 bits per heavy atom. The zero-order chi connectivity index (χ0) is 20.4. The van der Waals surface area contributed by atoms with Crippen LogP contribution < -0.4 is 0 Å². The first-order valence-corrected chi connectivity index (χ1v) is 10.6. The summed E-state index contributed by atoms with van der Waals surface area (Å²) in [4.78, 5) is 4.64. The molecule has 0 aliphatic heterocycles. The average molecular weight is 397 g/mol. The van der Waals surface area contributed by atoms with Crippen molar-refractivity contribution in [3.05, 3.63) is 109 Å². The summed E-state index contributed by atoms with van der Waals surface area (Å²) in [5.41, 5.74) is 6.04. The van der Waals surface area contributed by atoms with Crippen molar-refractivity contribution in [1.29, 1.82) is 0 Å². The number of rotatable bonds is 2. The van der Waals surface area contributed by atoms with Crippen molar-refractivity contribution in [2.45, 2.75) is 6.54 Å². The van der Waals surface area contributed by atoms with Crippen LogP contribution in [-0.2, 0) is 6.54 Å². The molecule has 0 saturated carbocycles. The smallest absolute Gasteiger partial charge is 0.145 e. The Bertz CT molecular complexity index is 1710. The van der Waals surface area contributed by atoms with Crippen molar-refractivity contribution in [2.24, 2.45) is 0 Å². The summed E-state index contributed by atoms with van der Waals surface area (Å²) in [7, 11) is 0. The summed E-state index contributed by atoms with van der Waals surface area (Å²) in [5.74, 6) is 0. The lowest BCUT2D eigenvalue weighted by atomic mass is 10.0. The van der Waals surface area contributed by atoms with Gasteiger partial charge in [0.1, 0.15) is 5.65 Å². The molecule has 3 nitrogen and oxygen atoms in total. The van der Waals surface area contributed by atoms with E-state index in [1.54, 1.807) is 0 Å². The zero-order valence-corrected chi connectivity index (χ0v) is 16.9. The lowest BCUT2D eigenvalue weighted by Crippen LogP contribution is -2.00. The van der Waals surface area contributed by atoms with E-state index >= 15 is 0 Å². The van der Waals surface area contributed by atoms with Crippen LogP contribution in [0.4, 0.5) is 0 Å². The molecule has 0 aliphatic rings. The average Bonchev–Trinajstić information content (AvgIpc) is 3.44. The Labute approximate surface area is 178 Å². The van der Waals surface area contributed by atoms with Crippen molar-refractivity contribution in [2.75, 3.05) is 0 Å². The van der Waals surface area contributed by atoms with Gasteiger partial charge in [0.2, 0.25) is 0 Å². The van der Waals surface area contributed by atoms with Crippen LogP contribution in [0, 0.1) is 0 Å². The zero-order valence-electron chi connectivity index (χ0n) is 16.9. The van der Waals surface area contributed by atoms with Crippen LogP contribution in [0.25, 0.3) is 49.1 Å². The molecule has 3 heteroatoms. The van der Waals surface area contributed by atoms with Crippen molar-refractivity contribution < 1.29 is 0 Å². The number of para-hydroxylation sites is 3. The third kappa shape index (κ3) is 2.32. The van der Waals surface area contributed by atoms with Crippen molar-refractivity contribution >= 4 is 49.1 Å². The second-order valence-corrected chi connectivity index (χ2v) is 8.14. The number of hydrogen-bond acceptors (Lipinski definition) is 1. The van der Waals surface area contributed by atoms with Crippen LogP contribution in [0.15, 0.2) is 103 Å². The number of imidazole rings is 1. The number of fused-ring (bicyclic) bond motifs is 9. The molecule has 0 fully saturated rings. The Morgan fingerprint density at radius 1 is 0.581 bits per heavy atom. The molecule has 0 saturated heterocycles. The van der Waals surface area contributed by atoms with Gasteiger partial charge in [-0.1, -0.05) is 66.7 Å². The predicted molar refractivity (Wildman–Crippen MR) is 129 cm³/mol. The molecule has 0 unspecified atom stereocenters. The molecule has 7 rings (SSSR count). The van der Waals surface area contributed by atoms with Gasteiger partial charge < -0.3 is 4.57 Å². The molecule has 4 aromatic carbocycles. The molecular weight excluding hydrogens is 378 g/mol. The normalized spacial score (nSPS) is 12.0. The summed E-state index contributed by atoms with van der Waals surface area (Å²) in [6.45, 7) is 0.831. The molecule has 7 aromatic rings. The molecule has 31 heavy (non-hydrogen) atoms. The number of hydrogen-bond donors (Lipinski definition) is 0. The van der Waals surface area contributed by atoms with Gasteiger partial charge in [-0.05, 0) is 35.2 Å². The van der Waals surface area contributed by atoms with Gasteiger partial charge in [-0.25, -0.2) is 4.98 Å². The highest BCUT2D eigenvalue weighted by Crippen LogP contribution is 2.32. The minimum atomic E-state index is 0.831. The monoisotopic (exact) mass is 397 g/mol. The van der Waals surface area contributed by atoms with E-state index in [0.29, 0.717) is 0 Å². The summed E-state index contributed by atoms with van der Waals surface area (Å²) in [6.07, 6.45) is 3.93. The topological polar surface area (TPSA) is 22.2 Å². The first-order valence-electron chi connectivity index (χ1n) is 10.6. The molecule has 0 amide bonds. The number of nitrogens with zero attached hydrogens (tertiary/aromatic N) is 3. The molecule has 0 radical (unpaired) electrons. The van der Waals surface area contributed by atoms with Crippen LogP contribution in [-0.4, -0.2) is 14.0 Å². The van der Waals surface area contributed by atoms with Gasteiger partial charge in [-0.15, -0.1) is 0 Å². The van der Waals surface area contributed by atoms with Crippen LogP contribution in [0.1, 0.15) is 5.56 Å². The van der Waals surface area contributed by atoms with Crippen molar-refractivity contribution in [1.82, 2.24) is 14.0 Å². The second kappa shape index (κ2) is 6.19. The minimum absolute atomic E-state index is 0.831.